The Labute approximate surface area is 130 Å². The topological polar surface area (TPSA) is 84.7 Å². The minimum absolute atomic E-state index is 0.0504. The van der Waals surface area contributed by atoms with E-state index < -0.39 is 5.41 Å². The summed E-state index contributed by atoms with van der Waals surface area (Å²) in [5, 5.41) is 2.83. The van der Waals surface area contributed by atoms with Crippen molar-refractivity contribution in [2.75, 3.05) is 32.8 Å². The first-order chi connectivity index (χ1) is 10.1. The van der Waals surface area contributed by atoms with Gasteiger partial charge in [-0.15, -0.1) is 0 Å². The molecule has 0 unspecified atom stereocenters. The molecule has 1 heterocycles. The molecule has 1 aliphatic carbocycles. The van der Waals surface area contributed by atoms with Gasteiger partial charge in [-0.05, 0) is 12.8 Å². The number of carbonyl (C=O) groups is 2. The summed E-state index contributed by atoms with van der Waals surface area (Å²) in [6.45, 7) is 2.76. The van der Waals surface area contributed by atoms with E-state index in [4.69, 9.17) is 22.7 Å². The molecule has 0 aromatic carbocycles. The van der Waals surface area contributed by atoms with Gasteiger partial charge in [0.15, 0.2) is 0 Å². The van der Waals surface area contributed by atoms with Crippen LogP contribution in [0.5, 0.6) is 0 Å². The van der Waals surface area contributed by atoms with Gasteiger partial charge < -0.3 is 20.7 Å². The van der Waals surface area contributed by atoms with Crippen LogP contribution in [0.3, 0.4) is 0 Å². The second kappa shape index (κ2) is 7.17. The molecule has 0 bridgehead atoms. The standard InChI is InChI=1S/C14H23N3O3S/c15-12(21)14(4-1-2-5-14)13(19)16-6-3-11(18)17-7-9-20-10-8-17/h1-10H2,(H2,15,21)(H,16,19). The lowest BCUT2D eigenvalue weighted by atomic mass is 9.85. The molecule has 7 heteroatoms. The molecule has 21 heavy (non-hydrogen) atoms. The Morgan fingerprint density at radius 1 is 1.24 bits per heavy atom. The monoisotopic (exact) mass is 313 g/mol. The van der Waals surface area contributed by atoms with E-state index in [1.54, 1.807) is 4.90 Å². The third-order valence-corrected chi connectivity index (χ3v) is 4.74. The number of hydrogen-bond donors (Lipinski definition) is 2. The molecular formula is C14H23N3O3S. The molecule has 1 aliphatic heterocycles. The highest BCUT2D eigenvalue weighted by Gasteiger charge is 2.43. The molecule has 0 aromatic rings. The van der Waals surface area contributed by atoms with E-state index in [1.165, 1.54) is 0 Å². The number of nitrogens with one attached hydrogen (secondary N) is 1. The summed E-state index contributed by atoms with van der Waals surface area (Å²) in [4.78, 5) is 26.4. The molecule has 0 radical (unpaired) electrons. The van der Waals surface area contributed by atoms with Crippen LogP contribution in [0, 0.1) is 5.41 Å². The number of morpholine rings is 1. The van der Waals surface area contributed by atoms with Crippen molar-refractivity contribution in [3.05, 3.63) is 0 Å². The van der Waals surface area contributed by atoms with Gasteiger partial charge in [-0.25, -0.2) is 0 Å². The predicted octanol–water partition coefficient (Wildman–Crippen LogP) is 0.198. The van der Waals surface area contributed by atoms with Crippen molar-refractivity contribution < 1.29 is 14.3 Å². The van der Waals surface area contributed by atoms with Crippen LogP contribution in [-0.2, 0) is 14.3 Å². The quantitative estimate of drug-likeness (QED) is 0.708. The molecule has 0 aromatic heterocycles. The summed E-state index contributed by atoms with van der Waals surface area (Å²) >= 11 is 5.08. The zero-order chi connectivity index (χ0) is 15.3. The number of thiocarbonyl (C=S) groups is 1. The molecule has 3 N–H and O–H groups in total. The SMILES string of the molecule is NC(=S)C1(C(=O)NCCC(=O)N2CCOCC2)CCCC1. The highest BCUT2D eigenvalue weighted by atomic mass is 32.1. The normalized spacial score (nSPS) is 21.0. The van der Waals surface area contributed by atoms with Gasteiger partial charge in [0.1, 0.15) is 0 Å². The summed E-state index contributed by atoms with van der Waals surface area (Å²) in [5.41, 5.74) is 5.07. The number of hydrogen-bond acceptors (Lipinski definition) is 4. The third-order valence-electron chi connectivity index (χ3n) is 4.35. The molecule has 2 aliphatic rings. The number of nitrogens with zero attached hydrogens (tertiary/aromatic N) is 1. The van der Waals surface area contributed by atoms with Crippen molar-refractivity contribution in [2.45, 2.75) is 32.1 Å². The maximum Gasteiger partial charge on any atom is 0.233 e. The third kappa shape index (κ3) is 3.71. The maximum atomic E-state index is 12.3. The van der Waals surface area contributed by atoms with Crippen molar-refractivity contribution in [2.24, 2.45) is 11.1 Å². The number of amides is 2. The van der Waals surface area contributed by atoms with Crippen molar-refractivity contribution in [3.63, 3.8) is 0 Å². The Morgan fingerprint density at radius 2 is 1.86 bits per heavy atom. The molecule has 1 saturated heterocycles. The number of ether oxygens (including phenoxy) is 1. The van der Waals surface area contributed by atoms with Crippen molar-refractivity contribution in [1.82, 2.24) is 10.2 Å². The smallest absolute Gasteiger partial charge is 0.233 e. The fourth-order valence-corrected chi connectivity index (χ4v) is 3.28. The average Bonchev–Trinajstić information content (AvgIpc) is 2.99. The van der Waals surface area contributed by atoms with Gasteiger partial charge >= 0.3 is 0 Å². The Morgan fingerprint density at radius 3 is 2.43 bits per heavy atom. The lowest BCUT2D eigenvalue weighted by Crippen LogP contribution is -2.48. The molecule has 6 nitrogen and oxygen atoms in total. The Kier molecular flexibility index (Phi) is 5.52. The van der Waals surface area contributed by atoms with Crippen LogP contribution in [0.1, 0.15) is 32.1 Å². The summed E-state index contributed by atoms with van der Waals surface area (Å²) in [7, 11) is 0. The van der Waals surface area contributed by atoms with Crippen LogP contribution in [0.25, 0.3) is 0 Å². The van der Waals surface area contributed by atoms with Gasteiger partial charge in [0.2, 0.25) is 11.8 Å². The maximum absolute atomic E-state index is 12.3. The van der Waals surface area contributed by atoms with Crippen molar-refractivity contribution >= 4 is 29.0 Å². The van der Waals surface area contributed by atoms with Gasteiger partial charge in [-0.1, -0.05) is 25.1 Å². The van der Waals surface area contributed by atoms with Gasteiger partial charge in [0, 0.05) is 26.1 Å². The Hall–Kier alpha value is -1.21. The highest BCUT2D eigenvalue weighted by molar-refractivity contribution is 7.80. The van der Waals surface area contributed by atoms with E-state index >= 15 is 0 Å². The second-order valence-electron chi connectivity index (χ2n) is 5.65. The van der Waals surface area contributed by atoms with E-state index in [-0.39, 0.29) is 16.8 Å². The van der Waals surface area contributed by atoms with Crippen LogP contribution in [-0.4, -0.2) is 54.6 Å². The summed E-state index contributed by atoms with van der Waals surface area (Å²) < 4.78 is 5.21. The first kappa shape index (κ1) is 16.2. The van der Waals surface area contributed by atoms with Gasteiger partial charge in [0.25, 0.3) is 0 Å². The van der Waals surface area contributed by atoms with Crippen LogP contribution < -0.4 is 11.1 Å². The van der Waals surface area contributed by atoms with E-state index in [0.717, 1.165) is 12.8 Å². The van der Waals surface area contributed by atoms with Crippen LogP contribution in [0.2, 0.25) is 0 Å². The van der Waals surface area contributed by atoms with Crippen LogP contribution >= 0.6 is 12.2 Å². The lowest BCUT2D eigenvalue weighted by Gasteiger charge is -2.28. The Balaban J connectivity index is 1.78. The van der Waals surface area contributed by atoms with Gasteiger partial charge in [-0.3, -0.25) is 9.59 Å². The summed E-state index contributed by atoms with van der Waals surface area (Å²) in [5.74, 6) is -0.0725. The minimum Gasteiger partial charge on any atom is -0.392 e. The fraction of sp³-hybridized carbons (Fsp3) is 0.786. The Bertz CT molecular complexity index is 416. The number of nitrogens with two attached hydrogens (primary N) is 1. The van der Waals surface area contributed by atoms with Gasteiger partial charge in [0.05, 0.1) is 23.6 Å². The van der Waals surface area contributed by atoms with E-state index in [0.29, 0.717) is 52.1 Å². The van der Waals surface area contributed by atoms with Gasteiger partial charge in [-0.2, -0.15) is 0 Å². The largest absolute Gasteiger partial charge is 0.392 e. The molecule has 2 rings (SSSR count). The van der Waals surface area contributed by atoms with E-state index in [9.17, 15) is 9.59 Å². The number of rotatable bonds is 5. The zero-order valence-corrected chi connectivity index (χ0v) is 13.0. The molecule has 118 valence electrons. The van der Waals surface area contributed by atoms with Crippen molar-refractivity contribution in [1.29, 1.82) is 0 Å². The zero-order valence-electron chi connectivity index (χ0n) is 12.2. The average molecular weight is 313 g/mol. The van der Waals surface area contributed by atoms with Crippen LogP contribution in [0.15, 0.2) is 0 Å². The van der Waals surface area contributed by atoms with Crippen molar-refractivity contribution in [3.8, 4) is 0 Å². The fourth-order valence-electron chi connectivity index (χ4n) is 2.99. The molecule has 1 saturated carbocycles. The molecular weight excluding hydrogens is 290 g/mol. The first-order valence-electron chi connectivity index (χ1n) is 7.50. The summed E-state index contributed by atoms with van der Waals surface area (Å²) in [6, 6.07) is 0. The molecule has 0 spiro atoms. The second-order valence-corrected chi connectivity index (χ2v) is 6.09. The van der Waals surface area contributed by atoms with E-state index in [2.05, 4.69) is 5.32 Å². The highest BCUT2D eigenvalue weighted by Crippen LogP contribution is 2.38. The number of carbonyl (C=O) groups excluding carboxylic acids is 2. The van der Waals surface area contributed by atoms with E-state index in [1.807, 2.05) is 0 Å². The summed E-state index contributed by atoms with van der Waals surface area (Å²) in [6.07, 6.45) is 3.67. The predicted molar refractivity (Wildman–Crippen MR) is 82.7 cm³/mol. The lowest BCUT2D eigenvalue weighted by molar-refractivity contribution is -0.135. The first-order valence-corrected chi connectivity index (χ1v) is 7.91. The van der Waals surface area contributed by atoms with Crippen LogP contribution in [0.4, 0.5) is 0 Å². The molecule has 2 amide bonds. The molecule has 2 fully saturated rings. The minimum atomic E-state index is -0.697. The molecule has 0 atom stereocenters.